The molecule has 2 aromatic carbocycles. The van der Waals surface area contributed by atoms with Gasteiger partial charge in [0.25, 0.3) is 0 Å². The number of thiocarbonyl (C=S) groups is 1. The first kappa shape index (κ1) is 25.0. The van der Waals surface area contributed by atoms with E-state index in [1.54, 1.807) is 0 Å². The molecule has 38 heavy (non-hydrogen) atoms. The van der Waals surface area contributed by atoms with Crippen LogP contribution in [0.2, 0.25) is 5.02 Å². The van der Waals surface area contributed by atoms with Gasteiger partial charge in [-0.1, -0.05) is 49.7 Å². The zero-order valence-corrected chi connectivity index (χ0v) is 23.2. The molecule has 0 aliphatic carbocycles. The predicted molar refractivity (Wildman–Crippen MR) is 160 cm³/mol. The number of pyridine rings is 1. The Hall–Kier alpha value is -3.35. The number of aromatic nitrogens is 2. The molecule has 4 aromatic rings. The summed E-state index contributed by atoms with van der Waals surface area (Å²) >= 11 is 13.0. The number of hydrogen-bond acceptors (Lipinski definition) is 3. The molecule has 4 heterocycles. The summed E-state index contributed by atoms with van der Waals surface area (Å²) in [5, 5.41) is 4.99. The number of hydrogen-bond donors (Lipinski definition) is 1. The first-order valence-electron chi connectivity index (χ1n) is 13.3. The van der Waals surface area contributed by atoms with Crippen LogP contribution >= 0.6 is 23.8 Å². The summed E-state index contributed by atoms with van der Waals surface area (Å²) in [5.41, 5.74) is 5.24. The van der Waals surface area contributed by atoms with Crippen molar-refractivity contribution in [2.24, 2.45) is 11.8 Å². The normalized spacial score (nSPS) is 23.5. The summed E-state index contributed by atoms with van der Waals surface area (Å²) in [6, 6.07) is 26.8. The first-order chi connectivity index (χ1) is 18.5. The van der Waals surface area contributed by atoms with Crippen LogP contribution in [0.15, 0.2) is 91.3 Å². The van der Waals surface area contributed by atoms with Gasteiger partial charge in [-0.25, -0.2) is 0 Å². The maximum absolute atomic E-state index is 6.99. The van der Waals surface area contributed by atoms with Crippen molar-refractivity contribution < 1.29 is 0 Å². The lowest BCUT2D eigenvalue weighted by molar-refractivity contribution is 0.357. The molecule has 194 valence electrons. The second kappa shape index (κ2) is 10.4. The molecule has 4 atom stereocenters. The Kier molecular flexibility index (Phi) is 6.85. The molecule has 0 spiro atoms. The third-order valence-electron chi connectivity index (χ3n) is 7.63. The summed E-state index contributed by atoms with van der Waals surface area (Å²) in [5.74, 6) is 1.30. The standard InChI is InChI=1S/C31H32ClN5S/c1-21-17-22(2)20-35(19-21)27-14-13-24(18-25(27)32)37-30(29(34-31(37)38)26-11-6-7-15-33-26)28-12-8-16-36(28)23-9-4-3-5-10-23/h3-16,18,21-22,29-30H,17,19-20H2,1-2H3,(H,34,38)/t21-,22+,29-,30+/m1/s1. The van der Waals surface area contributed by atoms with Crippen molar-refractivity contribution in [2.45, 2.75) is 32.4 Å². The van der Waals surface area contributed by atoms with E-state index in [4.69, 9.17) is 28.8 Å². The molecule has 2 saturated heterocycles. The van der Waals surface area contributed by atoms with E-state index in [-0.39, 0.29) is 12.1 Å². The highest BCUT2D eigenvalue weighted by Gasteiger charge is 2.42. The molecule has 0 radical (unpaired) electrons. The van der Waals surface area contributed by atoms with Gasteiger partial charge >= 0.3 is 0 Å². The van der Waals surface area contributed by atoms with Crippen molar-refractivity contribution in [3.8, 4) is 5.69 Å². The van der Waals surface area contributed by atoms with Gasteiger partial charge in [0, 0.05) is 42.6 Å². The van der Waals surface area contributed by atoms with Crippen LogP contribution in [0.25, 0.3) is 5.69 Å². The third-order valence-corrected chi connectivity index (χ3v) is 8.25. The molecule has 7 heteroatoms. The number of nitrogens with one attached hydrogen (secondary N) is 1. The van der Waals surface area contributed by atoms with Crippen LogP contribution in [0.5, 0.6) is 0 Å². The molecule has 0 bridgehead atoms. The second-order valence-corrected chi connectivity index (χ2v) is 11.4. The highest BCUT2D eigenvalue weighted by atomic mass is 35.5. The van der Waals surface area contributed by atoms with E-state index in [0.717, 1.165) is 46.6 Å². The van der Waals surface area contributed by atoms with E-state index in [1.165, 1.54) is 6.42 Å². The van der Waals surface area contributed by atoms with Crippen LogP contribution in [0.3, 0.4) is 0 Å². The van der Waals surface area contributed by atoms with Crippen molar-refractivity contribution in [3.05, 3.63) is 108 Å². The number of anilines is 2. The maximum atomic E-state index is 6.99. The fourth-order valence-corrected chi connectivity index (χ4v) is 6.79. The van der Waals surface area contributed by atoms with Gasteiger partial charge in [-0.05, 0) is 85.1 Å². The highest BCUT2D eigenvalue weighted by Crippen LogP contribution is 2.44. The van der Waals surface area contributed by atoms with Crippen LogP contribution < -0.4 is 15.1 Å². The number of benzene rings is 2. The Bertz CT molecular complexity index is 1410. The van der Waals surface area contributed by atoms with E-state index in [0.29, 0.717) is 16.9 Å². The number of rotatable bonds is 5. The summed E-state index contributed by atoms with van der Waals surface area (Å²) in [6.07, 6.45) is 5.20. The molecule has 5 nitrogen and oxygen atoms in total. The average Bonchev–Trinajstić information content (AvgIpc) is 3.53. The van der Waals surface area contributed by atoms with E-state index in [1.807, 2.05) is 24.4 Å². The highest BCUT2D eigenvalue weighted by molar-refractivity contribution is 7.80. The van der Waals surface area contributed by atoms with E-state index in [9.17, 15) is 0 Å². The van der Waals surface area contributed by atoms with E-state index >= 15 is 0 Å². The van der Waals surface area contributed by atoms with Gasteiger partial charge in [-0.3, -0.25) is 4.98 Å². The topological polar surface area (TPSA) is 36.3 Å². The summed E-state index contributed by atoms with van der Waals surface area (Å²) < 4.78 is 2.23. The van der Waals surface area contributed by atoms with Crippen LogP contribution in [0.4, 0.5) is 11.4 Å². The van der Waals surface area contributed by atoms with Gasteiger partial charge in [0.1, 0.15) is 6.04 Å². The van der Waals surface area contributed by atoms with Crippen molar-refractivity contribution in [2.75, 3.05) is 22.9 Å². The average molecular weight is 542 g/mol. The van der Waals surface area contributed by atoms with Gasteiger partial charge in [-0.15, -0.1) is 0 Å². The first-order valence-corrected chi connectivity index (χ1v) is 14.1. The SMILES string of the molecule is C[C@@H]1C[C@H](C)CN(c2ccc(N3C(=S)N[C@H](c4ccccn4)[C@@H]3c3cccn3-c3ccccc3)cc2Cl)C1. The van der Waals surface area contributed by atoms with Crippen LogP contribution in [-0.4, -0.2) is 27.8 Å². The quantitative estimate of drug-likeness (QED) is 0.271. The smallest absolute Gasteiger partial charge is 0.174 e. The Morgan fingerprint density at radius 3 is 2.37 bits per heavy atom. The minimum Gasteiger partial charge on any atom is -0.370 e. The maximum Gasteiger partial charge on any atom is 0.174 e. The van der Waals surface area contributed by atoms with Crippen molar-refractivity contribution >= 4 is 40.3 Å². The molecule has 0 amide bonds. The molecular weight excluding hydrogens is 510 g/mol. The molecule has 2 aliphatic rings. The van der Waals surface area contributed by atoms with Gasteiger partial charge in [0.05, 0.1) is 22.4 Å². The van der Waals surface area contributed by atoms with Crippen molar-refractivity contribution in [3.63, 3.8) is 0 Å². The molecule has 0 saturated carbocycles. The Morgan fingerprint density at radius 1 is 0.895 bits per heavy atom. The molecular formula is C31H32ClN5S. The van der Waals surface area contributed by atoms with E-state index < -0.39 is 0 Å². The number of halogens is 1. The minimum absolute atomic E-state index is 0.121. The Labute approximate surface area is 235 Å². The summed E-state index contributed by atoms with van der Waals surface area (Å²) in [4.78, 5) is 9.33. The molecule has 2 aromatic heterocycles. The number of piperidine rings is 1. The fourth-order valence-electron chi connectivity index (χ4n) is 6.15. The minimum atomic E-state index is -0.122. The van der Waals surface area contributed by atoms with Crippen LogP contribution in [0.1, 0.15) is 43.7 Å². The molecule has 6 rings (SSSR count). The molecule has 2 fully saturated rings. The van der Waals surface area contributed by atoms with Gasteiger partial charge in [-0.2, -0.15) is 0 Å². The monoisotopic (exact) mass is 541 g/mol. The second-order valence-electron chi connectivity index (χ2n) is 10.6. The van der Waals surface area contributed by atoms with Gasteiger partial charge in [0.15, 0.2) is 5.11 Å². The number of para-hydroxylation sites is 1. The zero-order valence-electron chi connectivity index (χ0n) is 21.7. The van der Waals surface area contributed by atoms with Crippen molar-refractivity contribution in [1.29, 1.82) is 0 Å². The summed E-state index contributed by atoms with van der Waals surface area (Å²) in [6.45, 7) is 6.71. The van der Waals surface area contributed by atoms with Crippen LogP contribution in [0, 0.1) is 11.8 Å². The molecule has 1 N–H and O–H groups in total. The lowest BCUT2D eigenvalue weighted by Crippen LogP contribution is -2.38. The molecule has 2 aliphatic heterocycles. The largest absolute Gasteiger partial charge is 0.370 e. The summed E-state index contributed by atoms with van der Waals surface area (Å²) in [7, 11) is 0. The fraction of sp³-hybridized carbons (Fsp3) is 0.290. The number of nitrogens with zero attached hydrogens (tertiary/aromatic N) is 4. The Morgan fingerprint density at radius 2 is 1.66 bits per heavy atom. The lowest BCUT2D eigenvalue weighted by atomic mass is 9.91. The van der Waals surface area contributed by atoms with Gasteiger partial charge in [0.2, 0.25) is 0 Å². The third kappa shape index (κ3) is 4.67. The van der Waals surface area contributed by atoms with Crippen molar-refractivity contribution in [1.82, 2.24) is 14.9 Å². The zero-order chi connectivity index (χ0) is 26.2. The van der Waals surface area contributed by atoms with E-state index in [2.05, 4.69) is 100 Å². The van der Waals surface area contributed by atoms with Crippen LogP contribution in [-0.2, 0) is 0 Å². The van der Waals surface area contributed by atoms with Gasteiger partial charge < -0.3 is 19.7 Å². The predicted octanol–water partition coefficient (Wildman–Crippen LogP) is 7.19. The Balaban J connectivity index is 1.42. The molecule has 0 unspecified atom stereocenters. The lowest BCUT2D eigenvalue weighted by Gasteiger charge is -2.37.